The van der Waals surface area contributed by atoms with Gasteiger partial charge in [0.15, 0.2) is 0 Å². The first kappa shape index (κ1) is 16.2. The molecule has 0 radical (unpaired) electrons. The molecule has 0 saturated heterocycles. The maximum Gasteiger partial charge on any atom is 0.223 e. The average Bonchev–Trinajstić information content (AvgIpc) is 2.22. The fourth-order valence-corrected chi connectivity index (χ4v) is 1.84. The summed E-state index contributed by atoms with van der Waals surface area (Å²) in [6, 6.07) is 0.234. The molecular formula is C14H28N2O. The second-order valence-corrected chi connectivity index (χ2v) is 5.63. The summed E-state index contributed by atoms with van der Waals surface area (Å²) in [6.07, 6.45) is 4.23. The van der Waals surface area contributed by atoms with Crippen molar-refractivity contribution >= 4 is 5.91 Å². The molecule has 0 aliphatic heterocycles. The fourth-order valence-electron chi connectivity index (χ4n) is 1.84. The lowest BCUT2D eigenvalue weighted by Gasteiger charge is -2.28. The summed E-state index contributed by atoms with van der Waals surface area (Å²) in [5.41, 5.74) is 5.72. The third-order valence-corrected chi connectivity index (χ3v) is 3.11. The highest BCUT2D eigenvalue weighted by Gasteiger charge is 2.21. The van der Waals surface area contributed by atoms with Crippen LogP contribution in [0.15, 0.2) is 12.7 Å². The van der Waals surface area contributed by atoms with Gasteiger partial charge in [-0.05, 0) is 38.6 Å². The second kappa shape index (κ2) is 7.49. The van der Waals surface area contributed by atoms with Crippen molar-refractivity contribution in [2.75, 3.05) is 13.1 Å². The normalized spacial score (nSPS) is 11.6. The Kier molecular flexibility index (Phi) is 7.12. The van der Waals surface area contributed by atoms with Crippen LogP contribution < -0.4 is 5.73 Å². The van der Waals surface area contributed by atoms with Crippen LogP contribution in [0.3, 0.4) is 0 Å². The molecule has 0 aliphatic rings. The minimum atomic E-state index is 0.154. The number of amides is 1. The van der Waals surface area contributed by atoms with Crippen LogP contribution in [0.2, 0.25) is 0 Å². The van der Waals surface area contributed by atoms with Crippen molar-refractivity contribution in [3.63, 3.8) is 0 Å². The smallest absolute Gasteiger partial charge is 0.223 e. The molecule has 0 bridgehead atoms. The molecule has 0 aromatic carbocycles. The molecule has 17 heavy (non-hydrogen) atoms. The molecule has 0 unspecified atom stereocenters. The van der Waals surface area contributed by atoms with Crippen LogP contribution in [-0.2, 0) is 4.79 Å². The van der Waals surface area contributed by atoms with Crippen molar-refractivity contribution < 1.29 is 4.79 Å². The summed E-state index contributed by atoms with van der Waals surface area (Å²) in [6.45, 7) is 13.4. The molecule has 0 heterocycles. The lowest BCUT2D eigenvalue weighted by atomic mass is 9.84. The first-order valence-corrected chi connectivity index (χ1v) is 6.44. The van der Waals surface area contributed by atoms with Gasteiger partial charge < -0.3 is 10.6 Å². The molecule has 0 spiro atoms. The summed E-state index contributed by atoms with van der Waals surface area (Å²) in [5, 5.41) is 0. The quantitative estimate of drug-likeness (QED) is 0.663. The van der Waals surface area contributed by atoms with Crippen molar-refractivity contribution in [1.29, 1.82) is 0 Å². The van der Waals surface area contributed by atoms with Gasteiger partial charge in [0.1, 0.15) is 0 Å². The highest BCUT2D eigenvalue weighted by Crippen LogP contribution is 2.26. The van der Waals surface area contributed by atoms with E-state index < -0.39 is 0 Å². The van der Waals surface area contributed by atoms with Gasteiger partial charge in [-0.1, -0.05) is 19.9 Å². The van der Waals surface area contributed by atoms with E-state index in [2.05, 4.69) is 20.4 Å². The van der Waals surface area contributed by atoms with E-state index in [9.17, 15) is 4.79 Å². The van der Waals surface area contributed by atoms with E-state index in [0.717, 1.165) is 12.8 Å². The number of hydrogen-bond acceptors (Lipinski definition) is 2. The van der Waals surface area contributed by atoms with E-state index in [-0.39, 0.29) is 17.4 Å². The number of rotatable bonds is 8. The molecule has 0 saturated carbocycles. The molecule has 0 fully saturated rings. The molecule has 100 valence electrons. The van der Waals surface area contributed by atoms with Crippen molar-refractivity contribution in [3.8, 4) is 0 Å². The van der Waals surface area contributed by atoms with Crippen LogP contribution in [0.5, 0.6) is 0 Å². The Morgan fingerprint density at radius 3 is 2.41 bits per heavy atom. The van der Waals surface area contributed by atoms with Crippen LogP contribution in [0.4, 0.5) is 0 Å². The van der Waals surface area contributed by atoms with Crippen LogP contribution in [0, 0.1) is 5.41 Å². The van der Waals surface area contributed by atoms with Crippen LogP contribution in [0.25, 0.3) is 0 Å². The second-order valence-electron chi connectivity index (χ2n) is 5.63. The van der Waals surface area contributed by atoms with Crippen molar-refractivity contribution in [2.45, 2.75) is 53.0 Å². The first-order valence-electron chi connectivity index (χ1n) is 6.44. The van der Waals surface area contributed by atoms with E-state index in [1.165, 1.54) is 0 Å². The van der Waals surface area contributed by atoms with Gasteiger partial charge in [-0.2, -0.15) is 0 Å². The zero-order chi connectivity index (χ0) is 13.5. The molecule has 2 N–H and O–H groups in total. The zero-order valence-corrected chi connectivity index (χ0v) is 11.8. The van der Waals surface area contributed by atoms with E-state index in [4.69, 9.17) is 5.73 Å². The Labute approximate surface area is 106 Å². The predicted molar refractivity (Wildman–Crippen MR) is 73.7 cm³/mol. The molecule has 0 atom stereocenters. The lowest BCUT2D eigenvalue weighted by molar-refractivity contribution is -0.132. The summed E-state index contributed by atoms with van der Waals surface area (Å²) in [5.74, 6) is 0.213. The molecule has 1 amide bonds. The largest absolute Gasteiger partial charge is 0.337 e. The van der Waals surface area contributed by atoms with E-state index in [1.807, 2.05) is 18.7 Å². The van der Waals surface area contributed by atoms with Crippen molar-refractivity contribution in [1.82, 2.24) is 4.90 Å². The predicted octanol–water partition coefficient (Wildman–Crippen LogP) is 2.56. The van der Waals surface area contributed by atoms with Crippen molar-refractivity contribution in [3.05, 3.63) is 12.7 Å². The third-order valence-electron chi connectivity index (χ3n) is 3.11. The lowest BCUT2D eigenvalue weighted by Crippen LogP contribution is -2.37. The number of nitrogens with zero attached hydrogens (tertiary/aromatic N) is 1. The first-order chi connectivity index (χ1) is 7.84. The summed E-state index contributed by atoms with van der Waals surface area (Å²) >= 11 is 0. The van der Waals surface area contributed by atoms with Gasteiger partial charge in [0.2, 0.25) is 5.91 Å². The minimum Gasteiger partial charge on any atom is -0.337 e. The van der Waals surface area contributed by atoms with Gasteiger partial charge in [-0.25, -0.2) is 0 Å². The van der Waals surface area contributed by atoms with Gasteiger partial charge in [0.25, 0.3) is 0 Å². The van der Waals surface area contributed by atoms with Gasteiger partial charge in [0, 0.05) is 19.0 Å². The summed E-state index contributed by atoms with van der Waals surface area (Å²) in [7, 11) is 0. The van der Waals surface area contributed by atoms with Gasteiger partial charge in [-0.15, -0.1) is 6.58 Å². The monoisotopic (exact) mass is 240 g/mol. The van der Waals surface area contributed by atoms with Crippen LogP contribution in [0.1, 0.15) is 47.0 Å². The van der Waals surface area contributed by atoms with Crippen molar-refractivity contribution in [2.24, 2.45) is 11.1 Å². The third kappa shape index (κ3) is 6.47. The minimum absolute atomic E-state index is 0.154. The standard InChI is InChI=1S/C14H28N2O/c1-6-11-16(12(2)3)13(17)7-8-14(4,5)9-10-15/h6,12H,1,7-11,15H2,2-5H3. The van der Waals surface area contributed by atoms with Gasteiger partial charge >= 0.3 is 0 Å². The zero-order valence-electron chi connectivity index (χ0n) is 11.8. The average molecular weight is 240 g/mol. The Balaban J connectivity index is 4.27. The Morgan fingerprint density at radius 1 is 1.41 bits per heavy atom. The van der Waals surface area contributed by atoms with Gasteiger partial charge in [-0.3, -0.25) is 4.79 Å². The number of carbonyl (C=O) groups is 1. The highest BCUT2D eigenvalue weighted by atomic mass is 16.2. The topological polar surface area (TPSA) is 46.3 Å². The molecule has 0 rings (SSSR count). The number of hydrogen-bond donors (Lipinski definition) is 1. The van der Waals surface area contributed by atoms with Gasteiger partial charge in [0.05, 0.1) is 0 Å². The highest BCUT2D eigenvalue weighted by molar-refractivity contribution is 5.76. The maximum atomic E-state index is 12.1. The molecule has 0 aliphatic carbocycles. The van der Waals surface area contributed by atoms with E-state index >= 15 is 0 Å². The molecule has 0 aromatic heterocycles. The Hall–Kier alpha value is -0.830. The van der Waals surface area contributed by atoms with Crippen LogP contribution in [-0.4, -0.2) is 29.9 Å². The molecule has 0 aromatic rings. The molecular weight excluding hydrogens is 212 g/mol. The Morgan fingerprint density at radius 2 is 2.00 bits per heavy atom. The fraction of sp³-hybridized carbons (Fsp3) is 0.786. The number of carbonyl (C=O) groups excluding carboxylic acids is 1. The summed E-state index contributed by atoms with van der Waals surface area (Å²) in [4.78, 5) is 13.9. The summed E-state index contributed by atoms with van der Waals surface area (Å²) < 4.78 is 0. The maximum absolute atomic E-state index is 12.1. The van der Waals surface area contributed by atoms with Crippen LogP contribution >= 0.6 is 0 Å². The van der Waals surface area contributed by atoms with E-state index in [0.29, 0.717) is 19.5 Å². The van der Waals surface area contributed by atoms with E-state index in [1.54, 1.807) is 6.08 Å². The molecule has 3 nitrogen and oxygen atoms in total. The SMILES string of the molecule is C=CCN(C(=O)CCC(C)(C)CCN)C(C)C. The number of nitrogens with two attached hydrogens (primary N) is 1. The Bertz CT molecular complexity index is 247. The molecule has 3 heteroatoms.